The van der Waals surface area contributed by atoms with Crippen LogP contribution in [0.15, 0.2) is 41.3 Å². The zero-order valence-electron chi connectivity index (χ0n) is 14.9. The van der Waals surface area contributed by atoms with Crippen LogP contribution in [0.5, 0.6) is 5.75 Å². The van der Waals surface area contributed by atoms with E-state index in [4.69, 9.17) is 16.3 Å². The van der Waals surface area contributed by atoms with Crippen LogP contribution in [0.1, 0.15) is 16.8 Å². The summed E-state index contributed by atoms with van der Waals surface area (Å²) in [6.45, 7) is 4.03. The maximum Gasteiger partial charge on any atom is 0.240 e. The first-order chi connectivity index (χ1) is 12.3. The number of hydrogen-bond donors (Lipinski definition) is 2. The van der Waals surface area contributed by atoms with Crippen LogP contribution in [0, 0.1) is 13.8 Å². The van der Waals surface area contributed by atoms with Crippen LogP contribution in [0.4, 0.5) is 0 Å². The number of rotatable bonds is 6. The molecule has 2 N–H and O–H groups in total. The van der Waals surface area contributed by atoms with Gasteiger partial charge in [-0.05, 0) is 67.8 Å². The molecule has 0 aliphatic rings. The number of ether oxygens (including phenoxy) is 1. The lowest BCUT2D eigenvalue weighted by Gasteiger charge is -2.11. The van der Waals surface area contributed by atoms with Crippen LogP contribution in [0.25, 0.3) is 10.9 Å². The van der Waals surface area contributed by atoms with E-state index in [-0.39, 0.29) is 4.90 Å². The molecule has 138 valence electrons. The third kappa shape index (κ3) is 3.72. The zero-order chi connectivity index (χ0) is 18.9. The molecule has 0 fully saturated rings. The second-order valence-corrected chi connectivity index (χ2v) is 8.37. The van der Waals surface area contributed by atoms with Crippen molar-refractivity contribution >= 4 is 32.5 Å². The summed E-state index contributed by atoms with van der Waals surface area (Å²) in [5.74, 6) is 0.632. The first kappa shape index (κ1) is 18.8. The summed E-state index contributed by atoms with van der Waals surface area (Å²) in [7, 11) is -2.03. The summed E-state index contributed by atoms with van der Waals surface area (Å²) in [6, 6.07) is 10.6. The number of methoxy groups -OCH3 is 1. The lowest BCUT2D eigenvalue weighted by Crippen LogP contribution is -2.26. The molecule has 3 aromatic rings. The molecular weight excluding hydrogens is 372 g/mol. The Labute approximate surface area is 158 Å². The quantitative estimate of drug-likeness (QED) is 0.666. The number of hydrogen-bond acceptors (Lipinski definition) is 3. The van der Waals surface area contributed by atoms with E-state index in [1.165, 1.54) is 0 Å². The summed E-state index contributed by atoms with van der Waals surface area (Å²) in [4.78, 5) is 3.57. The van der Waals surface area contributed by atoms with E-state index < -0.39 is 10.0 Å². The van der Waals surface area contributed by atoms with Crippen LogP contribution in [-0.2, 0) is 16.4 Å². The van der Waals surface area contributed by atoms with E-state index >= 15 is 0 Å². The SMILES string of the molecule is COc1ccc(S(=O)(=O)NCCc2c(C)[nH]c3ccc(Cl)cc23)c(C)c1. The van der Waals surface area contributed by atoms with Crippen LogP contribution in [0.3, 0.4) is 0 Å². The summed E-state index contributed by atoms with van der Waals surface area (Å²) < 4.78 is 33.0. The average Bonchev–Trinajstić information content (AvgIpc) is 2.89. The molecule has 0 unspecified atom stereocenters. The molecule has 0 aliphatic heterocycles. The number of aromatic amines is 1. The van der Waals surface area contributed by atoms with Crippen molar-refractivity contribution in [2.24, 2.45) is 0 Å². The van der Waals surface area contributed by atoms with Crippen molar-refractivity contribution in [2.75, 3.05) is 13.7 Å². The molecule has 0 aliphatic carbocycles. The molecule has 0 radical (unpaired) electrons. The van der Waals surface area contributed by atoms with Gasteiger partial charge in [-0.2, -0.15) is 0 Å². The van der Waals surface area contributed by atoms with Gasteiger partial charge >= 0.3 is 0 Å². The molecule has 0 spiro atoms. The molecule has 0 bridgehead atoms. The summed E-state index contributed by atoms with van der Waals surface area (Å²) in [6.07, 6.45) is 0.570. The minimum absolute atomic E-state index is 0.261. The minimum atomic E-state index is -3.59. The molecule has 26 heavy (non-hydrogen) atoms. The van der Waals surface area contributed by atoms with Gasteiger partial charge in [0.1, 0.15) is 5.75 Å². The average molecular weight is 393 g/mol. The highest BCUT2D eigenvalue weighted by Crippen LogP contribution is 2.26. The molecule has 2 aromatic carbocycles. The van der Waals surface area contributed by atoms with Gasteiger partial charge in [-0.15, -0.1) is 0 Å². The van der Waals surface area contributed by atoms with Crippen molar-refractivity contribution in [1.82, 2.24) is 9.71 Å². The number of benzene rings is 2. The van der Waals surface area contributed by atoms with Gasteiger partial charge in [0.15, 0.2) is 0 Å². The first-order valence-electron chi connectivity index (χ1n) is 8.23. The molecule has 1 heterocycles. The van der Waals surface area contributed by atoms with E-state index in [2.05, 4.69) is 9.71 Å². The second-order valence-electron chi connectivity index (χ2n) is 6.20. The van der Waals surface area contributed by atoms with Crippen molar-refractivity contribution in [1.29, 1.82) is 0 Å². The standard InChI is InChI=1S/C19H21ClN2O3S/c1-12-10-15(25-3)5-7-19(12)26(23,24)21-9-8-16-13(2)22-18-6-4-14(20)11-17(16)18/h4-7,10-11,21-22H,8-9H2,1-3H3. The molecule has 0 amide bonds. The van der Waals surface area contributed by atoms with Gasteiger partial charge in [0.2, 0.25) is 10.0 Å². The zero-order valence-corrected chi connectivity index (χ0v) is 16.5. The minimum Gasteiger partial charge on any atom is -0.497 e. The lowest BCUT2D eigenvalue weighted by molar-refractivity contribution is 0.414. The van der Waals surface area contributed by atoms with Gasteiger partial charge in [-0.25, -0.2) is 13.1 Å². The smallest absolute Gasteiger partial charge is 0.240 e. The Morgan fingerprint density at radius 2 is 1.92 bits per heavy atom. The highest BCUT2D eigenvalue weighted by atomic mass is 35.5. The van der Waals surface area contributed by atoms with Gasteiger partial charge in [0.25, 0.3) is 0 Å². The summed E-state index contributed by atoms with van der Waals surface area (Å²) >= 11 is 6.09. The van der Waals surface area contributed by atoms with E-state index in [1.54, 1.807) is 32.2 Å². The van der Waals surface area contributed by atoms with Gasteiger partial charge in [-0.3, -0.25) is 0 Å². The Balaban J connectivity index is 1.77. The predicted octanol–water partition coefficient (Wildman–Crippen LogP) is 3.97. The highest BCUT2D eigenvalue weighted by Gasteiger charge is 2.17. The number of halogens is 1. The fourth-order valence-corrected chi connectivity index (χ4v) is 4.54. The molecule has 0 saturated carbocycles. The monoisotopic (exact) mass is 392 g/mol. The molecule has 3 rings (SSSR count). The topological polar surface area (TPSA) is 71.2 Å². The van der Waals surface area contributed by atoms with Crippen molar-refractivity contribution in [3.05, 3.63) is 58.2 Å². The third-order valence-electron chi connectivity index (χ3n) is 4.42. The maximum atomic E-state index is 12.6. The van der Waals surface area contributed by atoms with Crippen LogP contribution in [-0.4, -0.2) is 27.1 Å². The second kappa shape index (κ2) is 7.31. The van der Waals surface area contributed by atoms with Gasteiger partial charge in [0, 0.05) is 28.2 Å². The summed E-state index contributed by atoms with van der Waals surface area (Å²) in [5, 5.41) is 1.68. The fraction of sp³-hybridized carbons (Fsp3) is 0.263. The molecular formula is C19H21ClN2O3S. The number of fused-ring (bicyclic) bond motifs is 1. The maximum absolute atomic E-state index is 12.6. The lowest BCUT2D eigenvalue weighted by atomic mass is 10.1. The highest BCUT2D eigenvalue weighted by molar-refractivity contribution is 7.89. The number of H-pyrrole nitrogens is 1. The Bertz CT molecular complexity index is 1060. The van der Waals surface area contributed by atoms with Crippen LogP contribution in [0.2, 0.25) is 5.02 Å². The largest absolute Gasteiger partial charge is 0.497 e. The van der Waals surface area contributed by atoms with Gasteiger partial charge in [0.05, 0.1) is 12.0 Å². The Morgan fingerprint density at radius 3 is 2.62 bits per heavy atom. The normalized spacial score (nSPS) is 11.8. The Hall–Kier alpha value is -2.02. The number of aromatic nitrogens is 1. The van der Waals surface area contributed by atoms with Crippen molar-refractivity contribution in [3.63, 3.8) is 0 Å². The van der Waals surface area contributed by atoms with Crippen LogP contribution < -0.4 is 9.46 Å². The van der Waals surface area contributed by atoms with E-state index in [9.17, 15) is 8.42 Å². The van der Waals surface area contributed by atoms with Gasteiger partial charge < -0.3 is 9.72 Å². The predicted molar refractivity (Wildman–Crippen MR) is 105 cm³/mol. The van der Waals surface area contributed by atoms with E-state index in [0.29, 0.717) is 29.3 Å². The number of nitrogens with one attached hydrogen (secondary N) is 2. The summed E-state index contributed by atoms with van der Waals surface area (Å²) in [5.41, 5.74) is 3.72. The fourth-order valence-electron chi connectivity index (χ4n) is 3.12. The van der Waals surface area contributed by atoms with Crippen molar-refractivity contribution in [3.8, 4) is 5.75 Å². The molecule has 5 nitrogen and oxygen atoms in total. The Morgan fingerprint density at radius 1 is 1.15 bits per heavy atom. The van der Waals surface area contributed by atoms with Gasteiger partial charge in [-0.1, -0.05) is 11.6 Å². The van der Waals surface area contributed by atoms with E-state index in [1.807, 2.05) is 25.1 Å². The molecule has 7 heteroatoms. The van der Waals surface area contributed by atoms with E-state index in [0.717, 1.165) is 22.2 Å². The first-order valence-corrected chi connectivity index (χ1v) is 10.1. The van der Waals surface area contributed by atoms with Crippen molar-refractivity contribution < 1.29 is 13.2 Å². The van der Waals surface area contributed by atoms with Crippen LogP contribution >= 0.6 is 11.6 Å². The molecule has 0 atom stereocenters. The molecule has 1 aromatic heterocycles. The Kier molecular flexibility index (Phi) is 5.27. The number of aryl methyl sites for hydroxylation is 2. The number of sulfonamides is 1. The third-order valence-corrected chi connectivity index (χ3v) is 6.28. The molecule has 0 saturated heterocycles. The van der Waals surface area contributed by atoms with Crippen molar-refractivity contribution in [2.45, 2.75) is 25.2 Å².